The molecule has 2 amide bonds. The Morgan fingerprint density at radius 3 is 2.16 bits per heavy atom. The Hall–Kier alpha value is -3.29. The third-order valence-electron chi connectivity index (χ3n) is 7.92. The number of amides is 2. The zero-order valence-electron chi connectivity index (χ0n) is 24.4. The van der Waals surface area contributed by atoms with Gasteiger partial charge in [-0.25, -0.2) is 13.3 Å². The molecule has 4 N–H and O–H groups in total. The van der Waals surface area contributed by atoms with Crippen LogP contribution >= 0.6 is 19.4 Å². The lowest BCUT2D eigenvalue weighted by molar-refractivity contribution is -0.167. The van der Waals surface area contributed by atoms with Crippen molar-refractivity contribution in [2.24, 2.45) is 0 Å². The van der Waals surface area contributed by atoms with Crippen LogP contribution in [-0.2, 0) is 28.2 Å². The van der Waals surface area contributed by atoms with Gasteiger partial charge in [0.2, 0.25) is 0 Å². The van der Waals surface area contributed by atoms with Crippen LogP contribution in [0.25, 0.3) is 0 Å². The largest absolute Gasteiger partial charge is 0.484 e. The Morgan fingerprint density at radius 2 is 1.56 bits per heavy atom. The van der Waals surface area contributed by atoms with Crippen LogP contribution in [0.4, 0.5) is 8.78 Å². The summed E-state index contributed by atoms with van der Waals surface area (Å²) in [6.07, 6.45) is 0.577. The van der Waals surface area contributed by atoms with Crippen LogP contribution in [0.2, 0.25) is 5.02 Å². The number of aryl methyl sites for hydroxylation is 1. The summed E-state index contributed by atoms with van der Waals surface area (Å²) in [5.41, 5.74) is -1.35. The summed E-state index contributed by atoms with van der Waals surface area (Å²) in [7, 11) is -4.69. The van der Waals surface area contributed by atoms with Gasteiger partial charge in [0.25, 0.3) is 11.8 Å². The Bertz CT molecular complexity index is 1460. The zero-order chi connectivity index (χ0) is 32.8. The summed E-state index contributed by atoms with van der Waals surface area (Å²) in [4.78, 5) is 56.3. The van der Waals surface area contributed by atoms with E-state index in [1.54, 1.807) is 6.92 Å². The molecule has 0 saturated heterocycles. The lowest BCUT2D eigenvalue weighted by atomic mass is 9.59. The van der Waals surface area contributed by atoms with Gasteiger partial charge in [-0.2, -0.15) is 0 Å². The van der Waals surface area contributed by atoms with Gasteiger partial charge < -0.3 is 34.6 Å². The molecule has 2 bridgehead atoms. The molecule has 2 aromatic carbocycles. The van der Waals surface area contributed by atoms with Gasteiger partial charge in [-0.05, 0) is 62.8 Å². The second-order valence-corrected chi connectivity index (χ2v) is 12.9. The molecule has 246 valence electrons. The summed E-state index contributed by atoms with van der Waals surface area (Å²) < 4.78 is 59.6. The van der Waals surface area contributed by atoms with Crippen LogP contribution in [0.3, 0.4) is 0 Å². The Kier molecular flexibility index (Phi) is 11.1. The highest BCUT2D eigenvalue weighted by Gasteiger charge is 2.57. The molecule has 1 atom stereocenters. The number of benzene rings is 2. The average Bonchev–Trinajstić information content (AvgIpc) is 2.97. The molecule has 12 nitrogen and oxygen atoms in total. The fraction of sp³-hybridized carbons (Fsp3) is 0.483. The van der Waals surface area contributed by atoms with Crippen LogP contribution in [0.1, 0.15) is 50.5 Å². The van der Waals surface area contributed by atoms with E-state index in [-0.39, 0.29) is 42.4 Å². The number of phosphoric ester groups is 1. The number of phosphoric acid groups is 1. The maximum absolute atomic E-state index is 13.9. The van der Waals surface area contributed by atoms with E-state index < -0.39 is 67.6 Å². The maximum atomic E-state index is 13.9. The van der Waals surface area contributed by atoms with E-state index in [2.05, 4.69) is 15.2 Å². The molecule has 0 radical (unpaired) electrons. The number of carbonyl (C=O) groups excluding carboxylic acids is 3. The van der Waals surface area contributed by atoms with Gasteiger partial charge >= 0.3 is 13.8 Å². The lowest BCUT2D eigenvalue weighted by Gasteiger charge is -2.57. The smallest absolute Gasteiger partial charge is 0.469 e. The Morgan fingerprint density at radius 1 is 0.956 bits per heavy atom. The minimum atomic E-state index is -4.69. The van der Waals surface area contributed by atoms with Gasteiger partial charge in [-0.1, -0.05) is 17.7 Å². The van der Waals surface area contributed by atoms with Crippen LogP contribution in [-0.4, -0.2) is 64.6 Å². The summed E-state index contributed by atoms with van der Waals surface area (Å²) in [5, 5.41) is 5.81. The first-order valence-corrected chi connectivity index (χ1v) is 16.1. The highest BCUT2D eigenvalue weighted by atomic mass is 35.5. The molecule has 0 aromatic heterocycles. The first kappa shape index (κ1) is 34.6. The zero-order valence-corrected chi connectivity index (χ0v) is 26.0. The Balaban J connectivity index is 1.40. The maximum Gasteiger partial charge on any atom is 0.469 e. The van der Waals surface area contributed by atoms with Crippen LogP contribution in [0.15, 0.2) is 36.4 Å². The molecule has 0 aliphatic heterocycles. The lowest BCUT2D eigenvalue weighted by Crippen LogP contribution is -2.71. The number of fused-ring (bicyclic) bond motifs is 3. The van der Waals surface area contributed by atoms with Crippen molar-refractivity contribution in [1.82, 2.24) is 10.6 Å². The molecule has 3 fully saturated rings. The van der Waals surface area contributed by atoms with Crippen LogP contribution in [0, 0.1) is 18.6 Å². The third-order valence-corrected chi connectivity index (χ3v) is 8.74. The van der Waals surface area contributed by atoms with Crippen molar-refractivity contribution in [2.45, 2.75) is 69.1 Å². The number of carbonyl (C=O) groups is 3. The van der Waals surface area contributed by atoms with Crippen molar-refractivity contribution in [2.75, 3.05) is 19.8 Å². The van der Waals surface area contributed by atoms with E-state index in [0.717, 1.165) is 6.07 Å². The molecule has 16 heteroatoms. The number of hydrogen-bond acceptors (Lipinski definition) is 8. The fourth-order valence-corrected chi connectivity index (χ4v) is 6.06. The number of rotatable bonds is 14. The van der Waals surface area contributed by atoms with Crippen molar-refractivity contribution in [3.05, 3.63) is 58.6 Å². The standard InChI is InChI=1S/C29H34ClF2N2O10P/c1-18-4-5-19(13-22(18)31)42-17-26(36)34-29-10-8-28(9-11-29,15-24(29)44-27(37)3-2-12-43-45(38,39)40)33-25(35)16-41-20-6-7-21(30)23(32)14-20/h4-7,13-14,24H,2-3,8-12,15-17H2,1H3,(H,33,35)(H,34,36)(H2,38,39,40)/t24-,28?,29?/m0/s1. The minimum Gasteiger partial charge on any atom is -0.484 e. The molecule has 0 unspecified atom stereocenters. The summed E-state index contributed by atoms with van der Waals surface area (Å²) in [6, 6.07) is 8.03. The summed E-state index contributed by atoms with van der Waals surface area (Å²) in [5.74, 6) is -2.57. The number of ether oxygens (including phenoxy) is 3. The predicted octanol–water partition coefficient (Wildman–Crippen LogP) is 3.87. The highest BCUT2D eigenvalue weighted by Crippen LogP contribution is 2.48. The molecule has 3 aliphatic carbocycles. The second kappa shape index (κ2) is 14.4. The van der Waals surface area contributed by atoms with E-state index in [1.165, 1.54) is 30.3 Å². The van der Waals surface area contributed by atoms with Crippen molar-refractivity contribution < 1.29 is 56.3 Å². The summed E-state index contributed by atoms with van der Waals surface area (Å²) in [6.45, 7) is 0.390. The summed E-state index contributed by atoms with van der Waals surface area (Å²) >= 11 is 5.69. The average molecular weight is 675 g/mol. The van der Waals surface area contributed by atoms with E-state index in [1.807, 2.05) is 0 Å². The number of hydrogen-bond donors (Lipinski definition) is 4. The van der Waals surface area contributed by atoms with Gasteiger partial charge in [0, 0.05) is 30.5 Å². The van der Waals surface area contributed by atoms with Gasteiger partial charge in [-0.3, -0.25) is 18.9 Å². The molecule has 0 heterocycles. The molecule has 5 rings (SSSR count). The first-order valence-electron chi connectivity index (χ1n) is 14.2. The minimum absolute atomic E-state index is 0.0263. The molecule has 3 aliphatic rings. The molecular formula is C29H34ClF2N2O10P. The molecule has 2 aromatic rings. The number of esters is 1. The van der Waals surface area contributed by atoms with E-state index in [4.69, 9.17) is 35.6 Å². The van der Waals surface area contributed by atoms with Crippen molar-refractivity contribution in [3.8, 4) is 11.5 Å². The highest BCUT2D eigenvalue weighted by molar-refractivity contribution is 7.46. The molecule has 45 heavy (non-hydrogen) atoms. The Labute approximate surface area is 262 Å². The topological polar surface area (TPSA) is 170 Å². The van der Waals surface area contributed by atoms with Crippen LogP contribution < -0.4 is 20.1 Å². The second-order valence-electron chi connectivity index (χ2n) is 11.2. The fourth-order valence-electron chi connectivity index (χ4n) is 5.58. The number of nitrogens with one attached hydrogen (secondary N) is 2. The van der Waals surface area contributed by atoms with Gasteiger partial charge in [0.1, 0.15) is 29.2 Å². The van der Waals surface area contributed by atoms with Crippen molar-refractivity contribution in [1.29, 1.82) is 0 Å². The third kappa shape index (κ3) is 9.60. The normalized spacial score (nSPS) is 22.4. The van der Waals surface area contributed by atoms with Crippen molar-refractivity contribution in [3.63, 3.8) is 0 Å². The van der Waals surface area contributed by atoms with E-state index >= 15 is 0 Å². The van der Waals surface area contributed by atoms with Crippen molar-refractivity contribution >= 4 is 37.2 Å². The molecule has 0 spiro atoms. The monoisotopic (exact) mass is 674 g/mol. The van der Waals surface area contributed by atoms with Crippen LogP contribution in [0.5, 0.6) is 11.5 Å². The SMILES string of the molecule is Cc1ccc(OCC(=O)NC23CCC(NC(=O)COc4ccc(Cl)c(F)c4)(CC2)C[C@@H]3OC(=O)CCCOP(=O)(O)O)cc1F. The van der Waals surface area contributed by atoms with Gasteiger partial charge in [0.05, 0.1) is 17.2 Å². The predicted molar refractivity (Wildman–Crippen MR) is 155 cm³/mol. The van der Waals surface area contributed by atoms with Gasteiger partial charge in [-0.15, -0.1) is 0 Å². The molecular weight excluding hydrogens is 641 g/mol. The van der Waals surface area contributed by atoms with E-state index in [9.17, 15) is 27.7 Å². The molecule has 3 saturated carbocycles. The van der Waals surface area contributed by atoms with Gasteiger partial charge in [0.15, 0.2) is 13.2 Å². The number of halogens is 3. The van der Waals surface area contributed by atoms with E-state index in [0.29, 0.717) is 31.2 Å². The first-order chi connectivity index (χ1) is 21.2. The quantitative estimate of drug-likeness (QED) is 0.131.